The molecule has 1 saturated carbocycles. The van der Waals surface area contributed by atoms with E-state index in [2.05, 4.69) is 10.3 Å². The number of carbonyl (C=O) groups is 3. The number of nitrogens with one attached hydrogen (secondary N) is 1. The van der Waals surface area contributed by atoms with Crippen LogP contribution in [0.25, 0.3) is 0 Å². The van der Waals surface area contributed by atoms with E-state index in [1.54, 1.807) is 6.92 Å². The molecular formula is C18H24N4O4. The van der Waals surface area contributed by atoms with Gasteiger partial charge in [-0.3, -0.25) is 9.59 Å². The molecular weight excluding hydrogens is 336 g/mol. The van der Waals surface area contributed by atoms with Crippen molar-refractivity contribution in [3.05, 3.63) is 22.9 Å². The number of pyridine rings is 1. The van der Waals surface area contributed by atoms with E-state index in [1.807, 2.05) is 4.90 Å². The Morgan fingerprint density at radius 3 is 2.65 bits per heavy atom. The number of aryl methyl sites for hydroxylation is 1. The van der Waals surface area contributed by atoms with E-state index in [-0.39, 0.29) is 28.8 Å². The summed E-state index contributed by atoms with van der Waals surface area (Å²) in [5.74, 6) is -1.31. The minimum Gasteiger partial charge on any atom is -0.478 e. The predicted octanol–water partition coefficient (Wildman–Crippen LogP) is 1.39. The van der Waals surface area contributed by atoms with Gasteiger partial charge in [0.05, 0.1) is 16.8 Å². The molecule has 2 aliphatic rings. The number of carboxylic acids is 1. The summed E-state index contributed by atoms with van der Waals surface area (Å²) in [5.41, 5.74) is 5.67. The second-order valence-corrected chi connectivity index (χ2v) is 7.12. The predicted molar refractivity (Wildman–Crippen MR) is 95.0 cm³/mol. The van der Waals surface area contributed by atoms with Crippen LogP contribution in [0.2, 0.25) is 0 Å². The van der Waals surface area contributed by atoms with Gasteiger partial charge in [0.25, 0.3) is 5.91 Å². The number of amides is 2. The molecule has 1 aromatic rings. The van der Waals surface area contributed by atoms with Crippen LogP contribution in [0.5, 0.6) is 0 Å². The number of aromatic nitrogens is 1. The molecule has 140 valence electrons. The number of likely N-dealkylation sites (tertiary alicyclic amines) is 1. The molecule has 4 N–H and O–H groups in total. The van der Waals surface area contributed by atoms with Gasteiger partial charge in [0.2, 0.25) is 5.91 Å². The molecule has 0 bridgehead atoms. The number of carbonyl (C=O) groups excluding carboxylic acids is 2. The third-order valence-electron chi connectivity index (χ3n) is 5.27. The van der Waals surface area contributed by atoms with Crippen molar-refractivity contribution < 1.29 is 19.5 Å². The van der Waals surface area contributed by atoms with Crippen LogP contribution >= 0.6 is 0 Å². The smallest absolute Gasteiger partial charge is 0.337 e. The van der Waals surface area contributed by atoms with Crippen molar-refractivity contribution in [1.82, 2.24) is 9.88 Å². The Labute approximate surface area is 151 Å². The number of hydrogen-bond donors (Lipinski definition) is 3. The van der Waals surface area contributed by atoms with Crippen LogP contribution in [-0.4, -0.2) is 51.9 Å². The van der Waals surface area contributed by atoms with Gasteiger partial charge in [-0.15, -0.1) is 0 Å². The molecule has 0 radical (unpaired) electrons. The summed E-state index contributed by atoms with van der Waals surface area (Å²) in [6.07, 6.45) is 4.99. The molecule has 1 aliphatic heterocycles. The lowest BCUT2D eigenvalue weighted by molar-refractivity contribution is -0.129. The van der Waals surface area contributed by atoms with Crippen molar-refractivity contribution in [3.8, 4) is 0 Å². The van der Waals surface area contributed by atoms with Gasteiger partial charge in [0, 0.05) is 31.5 Å². The minimum atomic E-state index is -1.15. The van der Waals surface area contributed by atoms with E-state index in [1.165, 1.54) is 18.9 Å². The monoisotopic (exact) mass is 360 g/mol. The highest BCUT2D eigenvalue weighted by molar-refractivity contribution is 6.00. The second-order valence-electron chi connectivity index (χ2n) is 7.12. The molecule has 8 nitrogen and oxygen atoms in total. The summed E-state index contributed by atoms with van der Waals surface area (Å²) in [4.78, 5) is 41.3. The topological polar surface area (TPSA) is 126 Å². The molecule has 2 fully saturated rings. The van der Waals surface area contributed by atoms with Crippen LogP contribution in [0.4, 0.5) is 5.82 Å². The highest BCUT2D eigenvalue weighted by Gasteiger charge is 2.35. The van der Waals surface area contributed by atoms with Crippen molar-refractivity contribution in [2.45, 2.75) is 45.1 Å². The van der Waals surface area contributed by atoms with E-state index in [0.717, 1.165) is 12.8 Å². The number of carboxylic acid groups (broad SMARTS) is 1. The first-order chi connectivity index (χ1) is 12.4. The third kappa shape index (κ3) is 3.63. The van der Waals surface area contributed by atoms with Crippen molar-refractivity contribution in [1.29, 1.82) is 0 Å². The van der Waals surface area contributed by atoms with E-state index < -0.39 is 11.9 Å². The van der Waals surface area contributed by atoms with E-state index in [9.17, 15) is 19.5 Å². The van der Waals surface area contributed by atoms with Gasteiger partial charge in [0.1, 0.15) is 5.82 Å². The fourth-order valence-corrected chi connectivity index (χ4v) is 3.90. The number of nitrogens with two attached hydrogens (primary N) is 1. The number of primary amides is 1. The maximum atomic E-state index is 12.3. The van der Waals surface area contributed by atoms with Crippen LogP contribution < -0.4 is 11.1 Å². The standard InChI is InChI=1S/C18H24N4O4/c1-10-13(18(25)26)7-14(16(19)24)17(21-10)20-8-11-6-15(23)22(9-11)12-4-2-3-5-12/h7,11-12H,2-6,8-9H2,1H3,(H2,19,24)(H,20,21)(H,25,26). The van der Waals surface area contributed by atoms with Gasteiger partial charge in [0.15, 0.2) is 0 Å². The first-order valence-corrected chi connectivity index (χ1v) is 8.95. The van der Waals surface area contributed by atoms with Crippen LogP contribution in [-0.2, 0) is 4.79 Å². The molecule has 2 heterocycles. The molecule has 8 heteroatoms. The lowest BCUT2D eigenvalue weighted by Crippen LogP contribution is -2.35. The van der Waals surface area contributed by atoms with Gasteiger partial charge >= 0.3 is 5.97 Å². The highest BCUT2D eigenvalue weighted by Crippen LogP contribution is 2.29. The van der Waals surface area contributed by atoms with Crippen LogP contribution in [0.1, 0.15) is 58.5 Å². The van der Waals surface area contributed by atoms with Crippen LogP contribution in [0.3, 0.4) is 0 Å². The number of nitrogens with zero attached hydrogens (tertiary/aromatic N) is 2. The van der Waals surface area contributed by atoms with Gasteiger partial charge in [-0.1, -0.05) is 12.8 Å². The Morgan fingerprint density at radius 2 is 2.04 bits per heavy atom. The summed E-state index contributed by atoms with van der Waals surface area (Å²) in [5, 5.41) is 12.3. The quantitative estimate of drug-likeness (QED) is 0.704. The average molecular weight is 360 g/mol. The van der Waals surface area contributed by atoms with E-state index >= 15 is 0 Å². The molecule has 0 spiro atoms. The van der Waals surface area contributed by atoms with Crippen molar-refractivity contribution in [3.63, 3.8) is 0 Å². The van der Waals surface area contributed by atoms with Crippen molar-refractivity contribution >= 4 is 23.6 Å². The Bertz CT molecular complexity index is 743. The summed E-state index contributed by atoms with van der Waals surface area (Å²) in [6, 6.07) is 1.61. The van der Waals surface area contributed by atoms with Crippen LogP contribution in [0.15, 0.2) is 6.07 Å². The van der Waals surface area contributed by atoms with Crippen molar-refractivity contribution in [2.24, 2.45) is 11.7 Å². The largest absolute Gasteiger partial charge is 0.478 e. The van der Waals surface area contributed by atoms with Crippen molar-refractivity contribution in [2.75, 3.05) is 18.4 Å². The first-order valence-electron chi connectivity index (χ1n) is 8.95. The molecule has 3 rings (SSSR count). The number of rotatable bonds is 6. The maximum absolute atomic E-state index is 12.3. The summed E-state index contributed by atoms with van der Waals surface area (Å²) in [7, 11) is 0. The fourth-order valence-electron chi connectivity index (χ4n) is 3.90. The van der Waals surface area contributed by atoms with Gasteiger partial charge < -0.3 is 21.1 Å². The minimum absolute atomic E-state index is 0.0463. The highest BCUT2D eigenvalue weighted by atomic mass is 16.4. The summed E-state index contributed by atoms with van der Waals surface area (Å²) in [6.45, 7) is 2.75. The lowest BCUT2D eigenvalue weighted by atomic mass is 10.1. The number of aromatic carboxylic acids is 1. The Hall–Kier alpha value is -2.64. The van der Waals surface area contributed by atoms with E-state index in [0.29, 0.717) is 31.2 Å². The molecule has 1 saturated heterocycles. The zero-order valence-corrected chi connectivity index (χ0v) is 14.8. The van der Waals surface area contributed by atoms with E-state index in [4.69, 9.17) is 5.73 Å². The normalized spacial score (nSPS) is 20.6. The molecule has 1 aliphatic carbocycles. The first kappa shape index (κ1) is 18.2. The molecule has 2 amide bonds. The van der Waals surface area contributed by atoms with Gasteiger partial charge in [-0.05, 0) is 25.8 Å². The average Bonchev–Trinajstić information content (AvgIpc) is 3.21. The Balaban J connectivity index is 1.69. The summed E-state index contributed by atoms with van der Waals surface area (Å²) >= 11 is 0. The number of anilines is 1. The second kappa shape index (κ2) is 7.31. The molecule has 1 unspecified atom stereocenters. The van der Waals surface area contributed by atoms with Gasteiger partial charge in [-0.25, -0.2) is 9.78 Å². The zero-order chi connectivity index (χ0) is 18.8. The molecule has 1 aromatic heterocycles. The Morgan fingerprint density at radius 1 is 1.35 bits per heavy atom. The maximum Gasteiger partial charge on any atom is 0.337 e. The summed E-state index contributed by atoms with van der Waals surface area (Å²) < 4.78 is 0. The number of hydrogen-bond acceptors (Lipinski definition) is 5. The Kier molecular flexibility index (Phi) is 5.11. The zero-order valence-electron chi connectivity index (χ0n) is 14.8. The van der Waals surface area contributed by atoms with Gasteiger partial charge in [-0.2, -0.15) is 0 Å². The van der Waals surface area contributed by atoms with Crippen LogP contribution in [0, 0.1) is 12.8 Å². The molecule has 0 aromatic carbocycles. The fraction of sp³-hybridized carbons (Fsp3) is 0.556. The lowest BCUT2D eigenvalue weighted by Gasteiger charge is -2.24. The molecule has 1 atom stereocenters. The SMILES string of the molecule is Cc1nc(NCC2CC(=O)N(C3CCCC3)C2)c(C(N)=O)cc1C(=O)O. The molecule has 26 heavy (non-hydrogen) atoms. The third-order valence-corrected chi connectivity index (χ3v) is 5.27.